The van der Waals surface area contributed by atoms with Crippen molar-refractivity contribution >= 4 is 23.3 Å². The van der Waals surface area contributed by atoms with Gasteiger partial charge in [-0.25, -0.2) is 4.39 Å². The Kier molecular flexibility index (Phi) is 5.55. The molecule has 6 heteroatoms. The van der Waals surface area contributed by atoms with Crippen molar-refractivity contribution in [1.29, 1.82) is 0 Å². The summed E-state index contributed by atoms with van der Waals surface area (Å²) in [6.07, 6.45) is 0.668. The van der Waals surface area contributed by atoms with Crippen molar-refractivity contribution in [3.8, 4) is 16.9 Å². The fourth-order valence-electron chi connectivity index (χ4n) is 3.43. The molecule has 0 aromatic heterocycles. The van der Waals surface area contributed by atoms with Gasteiger partial charge in [0.25, 0.3) is 5.91 Å². The van der Waals surface area contributed by atoms with Crippen LogP contribution in [0.4, 0.5) is 4.39 Å². The second-order valence-electron chi connectivity index (χ2n) is 7.27. The van der Waals surface area contributed by atoms with Gasteiger partial charge in [-0.2, -0.15) is 0 Å². The van der Waals surface area contributed by atoms with E-state index < -0.39 is 11.6 Å². The van der Waals surface area contributed by atoms with Crippen LogP contribution in [0.15, 0.2) is 60.7 Å². The molecule has 30 heavy (non-hydrogen) atoms. The van der Waals surface area contributed by atoms with Gasteiger partial charge in [0.05, 0.1) is 10.6 Å². The lowest BCUT2D eigenvalue weighted by Gasteiger charge is -2.31. The summed E-state index contributed by atoms with van der Waals surface area (Å²) in [5, 5.41) is 10.3. The summed E-state index contributed by atoms with van der Waals surface area (Å²) in [7, 11) is 0. The lowest BCUT2D eigenvalue weighted by molar-refractivity contribution is 0.0651. The van der Waals surface area contributed by atoms with E-state index in [0.29, 0.717) is 24.2 Å². The molecule has 1 heterocycles. The number of phenolic OH excluding ortho intramolecular Hbond substituents is 1. The number of ketones is 1. The van der Waals surface area contributed by atoms with E-state index in [9.17, 15) is 19.1 Å². The van der Waals surface area contributed by atoms with Crippen LogP contribution < -0.4 is 0 Å². The highest BCUT2D eigenvalue weighted by Crippen LogP contribution is 2.32. The van der Waals surface area contributed by atoms with Gasteiger partial charge in [-0.1, -0.05) is 48.0 Å². The van der Waals surface area contributed by atoms with E-state index >= 15 is 0 Å². The average Bonchev–Trinajstić information content (AvgIpc) is 2.70. The number of hydrogen-bond acceptors (Lipinski definition) is 3. The summed E-state index contributed by atoms with van der Waals surface area (Å²) >= 11 is 6.09. The number of phenols is 1. The third-order valence-electron chi connectivity index (χ3n) is 5.26. The quantitative estimate of drug-likeness (QED) is 0.579. The summed E-state index contributed by atoms with van der Waals surface area (Å²) in [4.78, 5) is 27.0. The van der Waals surface area contributed by atoms with Gasteiger partial charge in [-0.3, -0.25) is 9.59 Å². The van der Waals surface area contributed by atoms with E-state index in [-0.39, 0.29) is 34.2 Å². The number of benzene rings is 3. The maximum absolute atomic E-state index is 14.4. The molecule has 0 aliphatic carbocycles. The molecule has 1 aliphatic heterocycles. The van der Waals surface area contributed by atoms with Crippen molar-refractivity contribution in [2.75, 3.05) is 13.1 Å². The first-order chi connectivity index (χ1) is 14.4. The van der Waals surface area contributed by atoms with Crippen molar-refractivity contribution in [2.45, 2.75) is 12.8 Å². The molecule has 0 spiro atoms. The zero-order valence-corrected chi connectivity index (χ0v) is 16.8. The van der Waals surface area contributed by atoms with Crippen LogP contribution in [0.2, 0.25) is 5.02 Å². The summed E-state index contributed by atoms with van der Waals surface area (Å²) in [6, 6.07) is 16.6. The minimum atomic E-state index is -0.641. The molecule has 1 fully saturated rings. The third kappa shape index (κ3) is 3.94. The van der Waals surface area contributed by atoms with Crippen LogP contribution in [-0.4, -0.2) is 34.8 Å². The minimum absolute atomic E-state index is 0.0114. The van der Waals surface area contributed by atoms with Crippen LogP contribution in [0, 0.1) is 5.82 Å². The Bertz CT molecular complexity index is 1130. The number of carbonyl (C=O) groups is 2. The maximum Gasteiger partial charge on any atom is 0.253 e. The number of nitrogens with zero attached hydrogens (tertiary/aromatic N) is 1. The van der Waals surface area contributed by atoms with Gasteiger partial charge in [0.15, 0.2) is 5.78 Å². The monoisotopic (exact) mass is 423 g/mol. The van der Waals surface area contributed by atoms with Gasteiger partial charge in [-0.05, 0) is 41.8 Å². The molecular weight excluding hydrogens is 405 g/mol. The molecule has 0 unspecified atom stereocenters. The maximum atomic E-state index is 14.4. The number of likely N-dealkylation sites (tertiary alicyclic amines) is 1. The largest absolute Gasteiger partial charge is 0.506 e. The molecule has 3 aromatic rings. The van der Waals surface area contributed by atoms with Crippen LogP contribution in [0.5, 0.6) is 5.75 Å². The second-order valence-corrected chi connectivity index (χ2v) is 7.68. The first-order valence-corrected chi connectivity index (χ1v) is 10.0. The molecule has 0 atom stereocenters. The highest BCUT2D eigenvalue weighted by atomic mass is 35.5. The lowest BCUT2D eigenvalue weighted by atomic mass is 9.96. The Morgan fingerprint density at radius 2 is 1.73 bits per heavy atom. The Morgan fingerprint density at radius 1 is 1.00 bits per heavy atom. The second kappa shape index (κ2) is 8.28. The lowest BCUT2D eigenvalue weighted by Crippen LogP contribution is -2.42. The number of Topliss-reactive ketones (excluding diaryl/α,β-unsaturated/α-hetero) is 1. The van der Waals surface area contributed by atoms with E-state index in [4.69, 9.17) is 11.6 Å². The number of hydrogen-bond donors (Lipinski definition) is 1. The number of rotatable bonds is 5. The Hall–Kier alpha value is -3.18. The van der Waals surface area contributed by atoms with Crippen molar-refractivity contribution < 1.29 is 19.1 Å². The van der Waals surface area contributed by atoms with Crippen molar-refractivity contribution in [2.24, 2.45) is 0 Å². The van der Waals surface area contributed by atoms with Crippen LogP contribution in [0.25, 0.3) is 11.1 Å². The molecule has 0 saturated carbocycles. The molecule has 1 saturated heterocycles. The summed E-state index contributed by atoms with van der Waals surface area (Å²) < 4.78 is 14.4. The number of halogens is 2. The van der Waals surface area contributed by atoms with Gasteiger partial charge in [0, 0.05) is 30.6 Å². The fourth-order valence-corrected chi connectivity index (χ4v) is 3.67. The number of amides is 1. The Balaban J connectivity index is 1.64. The van der Waals surface area contributed by atoms with Crippen molar-refractivity contribution in [3.05, 3.63) is 88.2 Å². The predicted octanol–water partition coefficient (Wildman–Crippen LogP) is 5.12. The number of carbonyl (C=O) groups excluding carboxylic acids is 2. The minimum Gasteiger partial charge on any atom is -0.506 e. The third-order valence-corrected chi connectivity index (χ3v) is 5.55. The highest BCUT2D eigenvalue weighted by molar-refractivity contribution is 6.32. The van der Waals surface area contributed by atoms with Gasteiger partial charge < -0.3 is 10.0 Å². The fraction of sp³-hybridized carbons (Fsp3) is 0.167. The Labute approximate surface area is 178 Å². The first-order valence-electron chi connectivity index (χ1n) is 9.63. The zero-order valence-electron chi connectivity index (χ0n) is 16.1. The van der Waals surface area contributed by atoms with Gasteiger partial charge >= 0.3 is 0 Å². The molecule has 0 radical (unpaired) electrons. The van der Waals surface area contributed by atoms with Gasteiger partial charge in [-0.15, -0.1) is 0 Å². The number of aromatic hydroxyl groups is 1. The van der Waals surface area contributed by atoms with Crippen molar-refractivity contribution in [3.63, 3.8) is 0 Å². The summed E-state index contributed by atoms with van der Waals surface area (Å²) in [5.74, 6) is -1.62. The smallest absolute Gasteiger partial charge is 0.253 e. The molecule has 4 nitrogen and oxygen atoms in total. The van der Waals surface area contributed by atoms with Crippen LogP contribution in [-0.2, 0) is 6.42 Å². The molecule has 152 valence electrons. The topological polar surface area (TPSA) is 57.6 Å². The molecule has 0 bridgehead atoms. The molecular formula is C24H19ClFNO3. The molecule has 1 aliphatic rings. The highest BCUT2D eigenvalue weighted by Gasteiger charge is 2.24. The molecule has 4 rings (SSSR count). The van der Waals surface area contributed by atoms with E-state index in [1.54, 1.807) is 11.0 Å². The summed E-state index contributed by atoms with van der Waals surface area (Å²) in [5.41, 5.74) is 2.00. The SMILES string of the molecule is O=C(Cc1cc(C(=O)N2CCC2)cc(Cl)c1O)c1cc(-c2ccccc2)ccc1F. The van der Waals surface area contributed by atoms with Crippen LogP contribution in [0.3, 0.4) is 0 Å². The zero-order chi connectivity index (χ0) is 21.3. The normalized spacial score (nSPS) is 13.1. The van der Waals surface area contributed by atoms with Gasteiger partial charge in [0.2, 0.25) is 0 Å². The van der Waals surface area contributed by atoms with Crippen molar-refractivity contribution in [1.82, 2.24) is 4.90 Å². The van der Waals surface area contributed by atoms with E-state index in [2.05, 4.69) is 0 Å². The van der Waals surface area contributed by atoms with E-state index in [1.165, 1.54) is 24.3 Å². The van der Waals surface area contributed by atoms with E-state index in [1.807, 2.05) is 30.3 Å². The molecule has 1 N–H and O–H groups in total. The van der Waals surface area contributed by atoms with Crippen LogP contribution in [0.1, 0.15) is 32.7 Å². The average molecular weight is 424 g/mol. The predicted molar refractivity (Wildman–Crippen MR) is 114 cm³/mol. The first kappa shape index (κ1) is 20.1. The van der Waals surface area contributed by atoms with E-state index in [0.717, 1.165) is 12.0 Å². The summed E-state index contributed by atoms with van der Waals surface area (Å²) in [6.45, 7) is 1.34. The standard InChI is InChI=1S/C24H19ClFNO3/c25-20-13-18(24(30)27-9-4-10-27)11-17(23(20)29)14-22(28)19-12-16(7-8-21(19)26)15-5-2-1-3-6-15/h1-3,5-8,11-13,29H,4,9-10,14H2. The molecule has 1 amide bonds. The van der Waals surface area contributed by atoms with Gasteiger partial charge in [0.1, 0.15) is 11.6 Å². The van der Waals surface area contributed by atoms with Crippen LogP contribution >= 0.6 is 11.6 Å². The molecule has 3 aromatic carbocycles. The Morgan fingerprint density at radius 3 is 2.40 bits per heavy atom.